The first-order valence-corrected chi connectivity index (χ1v) is 7.26. The van der Waals surface area contributed by atoms with E-state index in [4.69, 9.17) is 4.74 Å². The Bertz CT molecular complexity index is 574. The van der Waals surface area contributed by atoms with Gasteiger partial charge in [0.1, 0.15) is 5.01 Å². The number of carbonyl (C=O) groups excluding carboxylic acids is 1. The minimum atomic E-state index is -1.01. The molecule has 1 heterocycles. The van der Waals surface area contributed by atoms with Gasteiger partial charge in [0.05, 0.1) is 7.11 Å². The molecule has 1 aromatic heterocycles. The fourth-order valence-corrected chi connectivity index (χ4v) is 2.82. The van der Waals surface area contributed by atoms with Crippen molar-refractivity contribution in [2.75, 3.05) is 12.4 Å². The van der Waals surface area contributed by atoms with E-state index in [1.165, 1.54) is 18.4 Å². The van der Waals surface area contributed by atoms with E-state index in [9.17, 15) is 4.79 Å². The molecule has 0 saturated heterocycles. The molecule has 4 nitrogen and oxygen atoms in total. The maximum absolute atomic E-state index is 12.1. The molecule has 0 spiro atoms. The van der Waals surface area contributed by atoms with Crippen molar-refractivity contribution in [3.63, 3.8) is 0 Å². The number of hydrogen-bond donors (Lipinski definition) is 1. The van der Waals surface area contributed by atoms with Crippen LogP contribution in [0.15, 0.2) is 40.3 Å². The maximum Gasteiger partial charge on any atom is 0.338 e. The lowest BCUT2D eigenvalue weighted by molar-refractivity contribution is -0.145. The molecule has 2 aromatic rings. The van der Waals surface area contributed by atoms with Crippen LogP contribution in [0.3, 0.4) is 0 Å². The van der Waals surface area contributed by atoms with Gasteiger partial charge in [-0.3, -0.25) is 0 Å². The third-order valence-electron chi connectivity index (χ3n) is 2.71. The SMILES string of the molecule is COC(=O)C(C)(Nc1ccccc1Br)c1nccs1. The molecule has 0 saturated carbocycles. The van der Waals surface area contributed by atoms with Crippen molar-refractivity contribution in [2.24, 2.45) is 0 Å². The highest BCUT2D eigenvalue weighted by molar-refractivity contribution is 9.10. The van der Waals surface area contributed by atoms with Crippen molar-refractivity contribution >= 4 is 38.9 Å². The van der Waals surface area contributed by atoms with Crippen LogP contribution in [-0.2, 0) is 15.1 Å². The van der Waals surface area contributed by atoms with Crippen molar-refractivity contribution in [2.45, 2.75) is 12.5 Å². The van der Waals surface area contributed by atoms with Gasteiger partial charge in [0.25, 0.3) is 0 Å². The summed E-state index contributed by atoms with van der Waals surface area (Å²) >= 11 is 4.86. The Kier molecular flexibility index (Phi) is 4.21. The zero-order chi connectivity index (χ0) is 13.9. The fraction of sp³-hybridized carbons (Fsp3) is 0.231. The molecule has 0 amide bonds. The maximum atomic E-state index is 12.1. The first kappa shape index (κ1) is 14.0. The van der Waals surface area contributed by atoms with Gasteiger partial charge in [0.2, 0.25) is 0 Å². The summed E-state index contributed by atoms with van der Waals surface area (Å²) in [7, 11) is 1.37. The second-order valence-corrected chi connectivity index (χ2v) is 5.81. The molecule has 0 aliphatic heterocycles. The topological polar surface area (TPSA) is 51.2 Å². The molecule has 0 aliphatic carbocycles. The Morgan fingerprint density at radius 2 is 2.21 bits per heavy atom. The smallest absolute Gasteiger partial charge is 0.338 e. The van der Waals surface area contributed by atoms with Crippen LogP contribution >= 0.6 is 27.3 Å². The van der Waals surface area contributed by atoms with Gasteiger partial charge in [0, 0.05) is 21.7 Å². The van der Waals surface area contributed by atoms with Gasteiger partial charge in [-0.2, -0.15) is 0 Å². The highest BCUT2D eigenvalue weighted by Crippen LogP contribution is 2.32. The van der Waals surface area contributed by atoms with E-state index in [1.54, 1.807) is 13.1 Å². The first-order valence-electron chi connectivity index (χ1n) is 5.59. The minimum Gasteiger partial charge on any atom is -0.467 e. The molecule has 0 aliphatic rings. The molecule has 1 atom stereocenters. The summed E-state index contributed by atoms with van der Waals surface area (Å²) < 4.78 is 5.78. The third kappa shape index (κ3) is 2.79. The highest BCUT2D eigenvalue weighted by Gasteiger charge is 2.39. The number of nitrogens with zero attached hydrogens (tertiary/aromatic N) is 1. The molecule has 100 valence electrons. The largest absolute Gasteiger partial charge is 0.467 e. The van der Waals surface area contributed by atoms with Gasteiger partial charge in [-0.05, 0) is 35.0 Å². The van der Waals surface area contributed by atoms with E-state index in [-0.39, 0.29) is 5.97 Å². The summed E-state index contributed by atoms with van der Waals surface area (Å²) in [5.74, 6) is -0.377. The zero-order valence-corrected chi connectivity index (χ0v) is 12.9. The van der Waals surface area contributed by atoms with E-state index in [2.05, 4.69) is 26.2 Å². The number of rotatable bonds is 4. The second kappa shape index (κ2) is 5.71. The quantitative estimate of drug-likeness (QED) is 0.866. The Labute approximate surface area is 124 Å². The zero-order valence-electron chi connectivity index (χ0n) is 10.5. The van der Waals surface area contributed by atoms with Crippen LogP contribution in [-0.4, -0.2) is 18.1 Å². The molecular formula is C13H13BrN2O2S. The van der Waals surface area contributed by atoms with E-state index >= 15 is 0 Å². The van der Waals surface area contributed by atoms with Crippen molar-refractivity contribution in [1.29, 1.82) is 0 Å². The summed E-state index contributed by atoms with van der Waals surface area (Å²) in [5.41, 5.74) is -0.196. The van der Waals surface area contributed by atoms with Crippen LogP contribution in [0, 0.1) is 0 Å². The normalized spacial score (nSPS) is 13.6. The van der Waals surface area contributed by atoms with Crippen LogP contribution in [0.25, 0.3) is 0 Å². The van der Waals surface area contributed by atoms with E-state index in [1.807, 2.05) is 29.6 Å². The summed E-state index contributed by atoms with van der Waals surface area (Å²) in [6.07, 6.45) is 1.67. The molecule has 0 radical (unpaired) electrons. The van der Waals surface area contributed by atoms with E-state index in [0.29, 0.717) is 5.01 Å². The van der Waals surface area contributed by atoms with Gasteiger partial charge in [-0.1, -0.05) is 12.1 Å². The minimum absolute atomic E-state index is 0.377. The number of nitrogens with one attached hydrogen (secondary N) is 1. The highest BCUT2D eigenvalue weighted by atomic mass is 79.9. The van der Waals surface area contributed by atoms with Gasteiger partial charge < -0.3 is 10.1 Å². The molecule has 1 unspecified atom stereocenters. The standard InChI is InChI=1S/C13H13BrN2O2S/c1-13(12(17)18-2,11-15-7-8-19-11)16-10-6-4-3-5-9(10)14/h3-8,16H,1-2H3. The number of benzene rings is 1. The number of hydrogen-bond acceptors (Lipinski definition) is 5. The predicted molar refractivity (Wildman–Crippen MR) is 79.2 cm³/mol. The lowest BCUT2D eigenvalue weighted by atomic mass is 10.0. The molecular weight excluding hydrogens is 328 g/mol. The van der Waals surface area contributed by atoms with Crippen LogP contribution in [0.5, 0.6) is 0 Å². The van der Waals surface area contributed by atoms with Gasteiger partial charge in [-0.25, -0.2) is 9.78 Å². The third-order valence-corrected chi connectivity index (χ3v) is 4.40. The van der Waals surface area contributed by atoms with Gasteiger partial charge in [-0.15, -0.1) is 11.3 Å². The van der Waals surface area contributed by atoms with Crippen molar-refractivity contribution in [1.82, 2.24) is 4.98 Å². The summed E-state index contributed by atoms with van der Waals surface area (Å²) in [6, 6.07) is 7.60. The molecule has 0 bridgehead atoms. The number of esters is 1. The predicted octanol–water partition coefficient (Wildman–Crippen LogP) is 3.41. The molecule has 2 rings (SSSR count). The fourth-order valence-electron chi connectivity index (χ4n) is 1.70. The molecule has 1 aromatic carbocycles. The number of methoxy groups -OCH3 is 1. The number of anilines is 1. The van der Waals surface area contributed by atoms with Crippen molar-refractivity contribution < 1.29 is 9.53 Å². The summed E-state index contributed by atoms with van der Waals surface area (Å²) in [4.78, 5) is 16.3. The summed E-state index contributed by atoms with van der Waals surface area (Å²) in [6.45, 7) is 1.76. The van der Waals surface area contributed by atoms with Gasteiger partial charge >= 0.3 is 5.97 Å². The monoisotopic (exact) mass is 340 g/mol. The van der Waals surface area contributed by atoms with E-state index < -0.39 is 5.54 Å². The number of halogens is 1. The van der Waals surface area contributed by atoms with Gasteiger partial charge in [0.15, 0.2) is 5.54 Å². The van der Waals surface area contributed by atoms with E-state index in [0.717, 1.165) is 10.2 Å². The molecule has 0 fully saturated rings. The average molecular weight is 341 g/mol. The Morgan fingerprint density at radius 3 is 2.79 bits per heavy atom. The molecule has 1 N–H and O–H groups in total. The molecule has 6 heteroatoms. The number of ether oxygens (including phenoxy) is 1. The number of aromatic nitrogens is 1. The lowest BCUT2D eigenvalue weighted by Crippen LogP contribution is -2.41. The second-order valence-electron chi connectivity index (χ2n) is 4.06. The van der Waals surface area contributed by atoms with Crippen LogP contribution in [0.1, 0.15) is 11.9 Å². The van der Waals surface area contributed by atoms with Crippen LogP contribution in [0.2, 0.25) is 0 Å². The summed E-state index contributed by atoms with van der Waals surface area (Å²) in [5, 5.41) is 5.70. The Hall–Kier alpha value is -1.40. The number of para-hydroxylation sites is 1. The number of carbonyl (C=O) groups is 1. The first-order chi connectivity index (χ1) is 9.08. The van der Waals surface area contributed by atoms with Crippen LogP contribution in [0.4, 0.5) is 5.69 Å². The van der Waals surface area contributed by atoms with Crippen molar-refractivity contribution in [3.05, 3.63) is 45.3 Å². The lowest BCUT2D eigenvalue weighted by Gasteiger charge is -2.27. The average Bonchev–Trinajstić information content (AvgIpc) is 2.95. The van der Waals surface area contributed by atoms with Crippen LogP contribution < -0.4 is 5.32 Å². The Balaban J connectivity index is 2.40. The van der Waals surface area contributed by atoms with Crippen molar-refractivity contribution in [3.8, 4) is 0 Å². The Morgan fingerprint density at radius 1 is 1.47 bits per heavy atom. The molecule has 19 heavy (non-hydrogen) atoms. The number of thiazole rings is 1.